The summed E-state index contributed by atoms with van der Waals surface area (Å²) in [6.07, 6.45) is 2.46. The van der Waals surface area contributed by atoms with Gasteiger partial charge in [0.25, 0.3) is 0 Å². The summed E-state index contributed by atoms with van der Waals surface area (Å²) in [6, 6.07) is 0. The Bertz CT molecular complexity index is 452. The first-order valence-electron chi connectivity index (χ1n) is 6.75. The molecule has 0 bridgehead atoms. The number of aromatic amines is 1. The maximum Gasteiger partial charge on any atom is 0.195 e. The quantitative estimate of drug-likeness (QED) is 0.857. The minimum atomic E-state index is 0.345. The van der Waals surface area contributed by atoms with Gasteiger partial charge in [0.2, 0.25) is 0 Å². The fraction of sp³-hybridized carbons (Fsp3) is 0.846. The molecule has 0 aliphatic carbocycles. The third kappa shape index (κ3) is 2.83. The van der Waals surface area contributed by atoms with Crippen LogP contribution in [0.1, 0.15) is 45.4 Å². The SMILES string of the molecule is CC(C)c1n[nH]c(=S)n1CC1(C)CCN(C)CC1. The Morgan fingerprint density at radius 2 is 2.00 bits per heavy atom. The van der Waals surface area contributed by atoms with Gasteiger partial charge in [-0.05, 0) is 50.6 Å². The van der Waals surface area contributed by atoms with E-state index in [9.17, 15) is 0 Å². The van der Waals surface area contributed by atoms with E-state index in [1.165, 1.54) is 25.9 Å². The summed E-state index contributed by atoms with van der Waals surface area (Å²) in [6.45, 7) is 10.1. The molecule has 1 aliphatic heterocycles. The normalized spacial score (nSPS) is 20.5. The van der Waals surface area contributed by atoms with Crippen molar-refractivity contribution in [2.45, 2.75) is 46.1 Å². The predicted molar refractivity (Wildman–Crippen MR) is 76.3 cm³/mol. The van der Waals surface area contributed by atoms with Crippen molar-refractivity contribution < 1.29 is 0 Å². The Balaban J connectivity index is 2.18. The van der Waals surface area contributed by atoms with Crippen molar-refractivity contribution in [3.05, 3.63) is 10.6 Å². The van der Waals surface area contributed by atoms with Gasteiger partial charge in [0, 0.05) is 12.5 Å². The Morgan fingerprint density at radius 3 is 2.56 bits per heavy atom. The standard InChI is InChI=1S/C13H24N4S/c1-10(2)11-14-15-12(18)17(11)9-13(3)5-7-16(4)8-6-13/h10H,5-9H2,1-4H3,(H,15,18). The van der Waals surface area contributed by atoms with Crippen LogP contribution in [-0.2, 0) is 6.54 Å². The molecule has 0 unspecified atom stereocenters. The zero-order chi connectivity index (χ0) is 13.3. The van der Waals surface area contributed by atoms with E-state index in [0.29, 0.717) is 11.3 Å². The van der Waals surface area contributed by atoms with Crippen molar-refractivity contribution in [2.24, 2.45) is 5.41 Å². The fourth-order valence-electron chi connectivity index (χ4n) is 2.62. The van der Waals surface area contributed by atoms with Crippen molar-refractivity contribution >= 4 is 12.2 Å². The molecule has 18 heavy (non-hydrogen) atoms. The van der Waals surface area contributed by atoms with E-state index in [1.54, 1.807) is 0 Å². The summed E-state index contributed by atoms with van der Waals surface area (Å²) >= 11 is 5.37. The molecule has 1 aromatic heterocycles. The van der Waals surface area contributed by atoms with Crippen molar-refractivity contribution in [1.82, 2.24) is 19.7 Å². The number of hydrogen-bond donors (Lipinski definition) is 1. The van der Waals surface area contributed by atoms with Gasteiger partial charge in [-0.3, -0.25) is 5.10 Å². The lowest BCUT2D eigenvalue weighted by atomic mass is 9.80. The second kappa shape index (κ2) is 5.13. The second-order valence-corrected chi connectivity index (χ2v) is 6.63. The average molecular weight is 268 g/mol. The molecule has 1 saturated heterocycles. The third-order valence-electron chi connectivity index (χ3n) is 4.04. The zero-order valence-corrected chi connectivity index (χ0v) is 12.7. The van der Waals surface area contributed by atoms with Gasteiger partial charge >= 0.3 is 0 Å². The average Bonchev–Trinajstić information content (AvgIpc) is 2.65. The van der Waals surface area contributed by atoms with Crippen LogP contribution in [0.4, 0.5) is 0 Å². The molecule has 102 valence electrons. The van der Waals surface area contributed by atoms with Gasteiger partial charge in [-0.25, -0.2) is 0 Å². The van der Waals surface area contributed by atoms with Crippen LogP contribution >= 0.6 is 12.2 Å². The summed E-state index contributed by atoms with van der Waals surface area (Å²) < 4.78 is 2.96. The van der Waals surface area contributed by atoms with Crippen molar-refractivity contribution in [1.29, 1.82) is 0 Å². The molecular formula is C13H24N4S. The van der Waals surface area contributed by atoms with Crippen LogP contribution in [0.15, 0.2) is 0 Å². The van der Waals surface area contributed by atoms with Gasteiger partial charge in [0.1, 0.15) is 5.82 Å². The minimum Gasteiger partial charge on any atom is -0.306 e. The van der Waals surface area contributed by atoms with Crippen molar-refractivity contribution in [3.63, 3.8) is 0 Å². The van der Waals surface area contributed by atoms with Crippen LogP contribution in [0.2, 0.25) is 0 Å². The zero-order valence-electron chi connectivity index (χ0n) is 11.9. The fourth-order valence-corrected chi connectivity index (χ4v) is 2.83. The molecule has 0 amide bonds. The van der Waals surface area contributed by atoms with Crippen LogP contribution in [0, 0.1) is 10.2 Å². The maximum absolute atomic E-state index is 5.37. The predicted octanol–water partition coefficient (Wildman–Crippen LogP) is 2.80. The lowest BCUT2D eigenvalue weighted by Gasteiger charge is -2.38. The molecule has 0 spiro atoms. The van der Waals surface area contributed by atoms with Gasteiger partial charge in [-0.1, -0.05) is 20.8 Å². The first-order valence-corrected chi connectivity index (χ1v) is 7.16. The number of likely N-dealkylation sites (tertiary alicyclic amines) is 1. The highest BCUT2D eigenvalue weighted by Gasteiger charge is 2.30. The summed E-state index contributed by atoms with van der Waals surface area (Å²) in [4.78, 5) is 2.40. The van der Waals surface area contributed by atoms with E-state index in [0.717, 1.165) is 17.1 Å². The first-order chi connectivity index (χ1) is 8.41. The molecule has 5 heteroatoms. The number of nitrogens with zero attached hydrogens (tertiary/aromatic N) is 3. The van der Waals surface area contributed by atoms with Crippen LogP contribution in [0.5, 0.6) is 0 Å². The summed E-state index contributed by atoms with van der Waals surface area (Å²) in [5, 5.41) is 7.30. The molecule has 4 nitrogen and oxygen atoms in total. The van der Waals surface area contributed by atoms with E-state index >= 15 is 0 Å². The van der Waals surface area contributed by atoms with E-state index < -0.39 is 0 Å². The van der Waals surface area contributed by atoms with Crippen molar-refractivity contribution in [3.8, 4) is 0 Å². The first kappa shape index (κ1) is 13.7. The molecule has 0 saturated carbocycles. The Morgan fingerprint density at radius 1 is 1.39 bits per heavy atom. The van der Waals surface area contributed by atoms with Crippen LogP contribution in [0.3, 0.4) is 0 Å². The summed E-state index contributed by atoms with van der Waals surface area (Å²) in [5.41, 5.74) is 0.345. The van der Waals surface area contributed by atoms with E-state index in [-0.39, 0.29) is 0 Å². The van der Waals surface area contributed by atoms with Crippen LogP contribution in [-0.4, -0.2) is 39.8 Å². The smallest absolute Gasteiger partial charge is 0.195 e. The highest BCUT2D eigenvalue weighted by Crippen LogP contribution is 2.33. The summed E-state index contributed by atoms with van der Waals surface area (Å²) in [7, 11) is 2.20. The molecule has 2 rings (SSSR count). The van der Waals surface area contributed by atoms with Gasteiger partial charge in [0.15, 0.2) is 4.77 Å². The maximum atomic E-state index is 5.37. The van der Waals surface area contributed by atoms with Gasteiger partial charge in [-0.2, -0.15) is 5.10 Å². The van der Waals surface area contributed by atoms with E-state index in [1.807, 2.05) is 0 Å². The molecule has 1 N–H and O–H groups in total. The molecule has 0 radical (unpaired) electrons. The topological polar surface area (TPSA) is 36.9 Å². The molecule has 0 aromatic carbocycles. The number of hydrogen-bond acceptors (Lipinski definition) is 3. The monoisotopic (exact) mass is 268 g/mol. The number of aromatic nitrogens is 3. The highest BCUT2D eigenvalue weighted by molar-refractivity contribution is 7.71. The van der Waals surface area contributed by atoms with Crippen LogP contribution in [0.25, 0.3) is 0 Å². The molecular weight excluding hydrogens is 244 g/mol. The number of rotatable bonds is 3. The number of piperidine rings is 1. The Kier molecular flexibility index (Phi) is 3.92. The van der Waals surface area contributed by atoms with E-state index in [2.05, 4.69) is 47.5 Å². The molecule has 0 atom stereocenters. The van der Waals surface area contributed by atoms with Gasteiger partial charge in [-0.15, -0.1) is 0 Å². The largest absolute Gasteiger partial charge is 0.306 e. The number of H-pyrrole nitrogens is 1. The molecule has 1 aromatic rings. The van der Waals surface area contributed by atoms with Crippen molar-refractivity contribution in [2.75, 3.05) is 20.1 Å². The third-order valence-corrected chi connectivity index (χ3v) is 4.35. The lowest BCUT2D eigenvalue weighted by molar-refractivity contribution is 0.119. The molecule has 1 aliphatic rings. The lowest BCUT2D eigenvalue weighted by Crippen LogP contribution is -2.38. The highest BCUT2D eigenvalue weighted by atomic mass is 32.1. The molecule has 1 fully saturated rings. The Hall–Kier alpha value is -0.680. The Labute approximate surface area is 114 Å². The number of nitrogens with one attached hydrogen (secondary N) is 1. The van der Waals surface area contributed by atoms with Gasteiger partial charge < -0.3 is 9.47 Å². The minimum absolute atomic E-state index is 0.345. The summed E-state index contributed by atoms with van der Waals surface area (Å²) in [5.74, 6) is 1.49. The second-order valence-electron chi connectivity index (χ2n) is 6.24. The van der Waals surface area contributed by atoms with Gasteiger partial charge in [0.05, 0.1) is 0 Å². The van der Waals surface area contributed by atoms with E-state index in [4.69, 9.17) is 12.2 Å². The van der Waals surface area contributed by atoms with Crippen LogP contribution < -0.4 is 0 Å². The molecule has 2 heterocycles.